The third-order valence-corrected chi connectivity index (χ3v) is 5.25. The molecule has 0 radical (unpaired) electrons. The second-order valence-corrected chi connectivity index (χ2v) is 7.30. The molecule has 0 bridgehead atoms. The maximum absolute atomic E-state index is 12.2. The fraction of sp³-hybridized carbons (Fsp3) is 0.235. The molecule has 142 valence electrons. The molecule has 3 aromatic rings. The van der Waals surface area contributed by atoms with Crippen LogP contribution in [0.15, 0.2) is 28.8 Å². The first kappa shape index (κ1) is 20.0. The maximum atomic E-state index is 12.2. The van der Waals surface area contributed by atoms with Gasteiger partial charge in [0.05, 0.1) is 10.7 Å². The average Bonchev–Trinajstić information content (AvgIpc) is 3.20. The van der Waals surface area contributed by atoms with Crippen molar-refractivity contribution in [2.45, 2.75) is 19.9 Å². The van der Waals surface area contributed by atoms with Gasteiger partial charge in [0.15, 0.2) is 11.5 Å². The molecule has 1 amide bonds. The van der Waals surface area contributed by atoms with E-state index < -0.39 is 0 Å². The molecule has 10 heteroatoms. The van der Waals surface area contributed by atoms with Crippen molar-refractivity contribution in [1.82, 2.24) is 20.3 Å². The van der Waals surface area contributed by atoms with Gasteiger partial charge in [0.2, 0.25) is 0 Å². The summed E-state index contributed by atoms with van der Waals surface area (Å²) in [5, 5.41) is 12.5. The number of carbonyl (C=O) groups excluding carboxylic acids is 1. The highest BCUT2D eigenvalue weighted by Gasteiger charge is 2.16. The predicted molar refractivity (Wildman–Crippen MR) is 106 cm³/mol. The van der Waals surface area contributed by atoms with E-state index in [1.54, 1.807) is 29.8 Å². The van der Waals surface area contributed by atoms with Crippen LogP contribution in [0, 0.1) is 6.92 Å². The number of rotatable bonds is 6. The van der Waals surface area contributed by atoms with Crippen LogP contribution in [0.2, 0.25) is 20.2 Å². The number of nitrogens with zero attached hydrogens (tertiary/aromatic N) is 3. The number of aryl methyl sites for hydroxylation is 2. The molecule has 0 fully saturated rings. The van der Waals surface area contributed by atoms with Crippen molar-refractivity contribution in [3.05, 3.63) is 55.9 Å². The Morgan fingerprint density at radius 3 is 2.67 bits per heavy atom. The summed E-state index contributed by atoms with van der Waals surface area (Å²) in [6.45, 7) is 2.72. The van der Waals surface area contributed by atoms with Crippen LogP contribution in [0.4, 0.5) is 0 Å². The Kier molecular flexibility index (Phi) is 6.32. The molecule has 2 aromatic heterocycles. The Balaban J connectivity index is 1.56. The normalized spacial score (nSPS) is 11.0. The highest BCUT2D eigenvalue weighted by Crippen LogP contribution is 2.30. The Hall–Kier alpha value is -1.73. The summed E-state index contributed by atoms with van der Waals surface area (Å²) in [4.78, 5) is 12.2. The number of hydrogen-bond acceptors (Lipinski definition) is 4. The number of hydrogen-bond donors (Lipinski definition) is 1. The van der Waals surface area contributed by atoms with E-state index in [2.05, 4.69) is 15.6 Å². The summed E-state index contributed by atoms with van der Waals surface area (Å²) >= 11 is 24.1. The Morgan fingerprint density at radius 2 is 2.00 bits per heavy atom. The monoisotopic (exact) mass is 446 g/mol. The van der Waals surface area contributed by atoms with Crippen molar-refractivity contribution >= 4 is 52.3 Å². The lowest BCUT2D eigenvalue weighted by atomic mass is 10.1. The van der Waals surface area contributed by atoms with Gasteiger partial charge < -0.3 is 9.84 Å². The highest BCUT2D eigenvalue weighted by molar-refractivity contribution is 6.41. The number of halogens is 4. The van der Waals surface area contributed by atoms with Gasteiger partial charge in [-0.15, -0.1) is 0 Å². The second kappa shape index (κ2) is 8.52. The van der Waals surface area contributed by atoms with E-state index in [9.17, 15) is 4.79 Å². The van der Waals surface area contributed by atoms with Crippen molar-refractivity contribution in [1.29, 1.82) is 0 Å². The van der Waals surface area contributed by atoms with Crippen molar-refractivity contribution in [2.24, 2.45) is 0 Å². The van der Waals surface area contributed by atoms with Gasteiger partial charge in [-0.3, -0.25) is 9.48 Å². The maximum Gasteiger partial charge on any atom is 0.273 e. The Labute approximate surface area is 175 Å². The van der Waals surface area contributed by atoms with Gasteiger partial charge in [-0.25, -0.2) is 0 Å². The van der Waals surface area contributed by atoms with Gasteiger partial charge in [-0.2, -0.15) is 5.10 Å². The number of amides is 1. The number of carbonyl (C=O) groups is 1. The Bertz CT molecular complexity index is 983. The predicted octanol–water partition coefficient (Wildman–Crippen LogP) is 5.28. The lowest BCUT2D eigenvalue weighted by Gasteiger charge is -2.04. The smallest absolute Gasteiger partial charge is 0.273 e. The quantitative estimate of drug-likeness (QED) is 0.521. The van der Waals surface area contributed by atoms with Gasteiger partial charge in [-0.1, -0.05) is 51.6 Å². The molecule has 3 rings (SSSR count). The van der Waals surface area contributed by atoms with Crippen LogP contribution in [-0.4, -0.2) is 27.4 Å². The average molecular weight is 448 g/mol. The van der Waals surface area contributed by atoms with Crippen molar-refractivity contribution in [3.63, 3.8) is 0 Å². The minimum Gasteiger partial charge on any atom is -0.355 e. The molecule has 0 saturated heterocycles. The van der Waals surface area contributed by atoms with Crippen molar-refractivity contribution in [2.75, 3.05) is 6.54 Å². The van der Waals surface area contributed by atoms with Crippen LogP contribution in [0.1, 0.15) is 22.6 Å². The SMILES string of the molecule is Cc1nn(CCCNC(=O)c2cc(-c3ccc(Cl)cc3Cl)on2)c(Cl)c1Cl. The van der Waals surface area contributed by atoms with Crippen molar-refractivity contribution < 1.29 is 9.32 Å². The van der Waals surface area contributed by atoms with E-state index in [1.807, 2.05) is 0 Å². The van der Waals surface area contributed by atoms with Crippen LogP contribution >= 0.6 is 46.4 Å². The zero-order chi connectivity index (χ0) is 19.6. The first-order valence-electron chi connectivity index (χ1n) is 7.95. The van der Waals surface area contributed by atoms with Crippen molar-refractivity contribution in [3.8, 4) is 11.3 Å². The third-order valence-electron chi connectivity index (χ3n) is 3.77. The standard InChI is InChI=1S/C17H14Cl4N4O2/c1-9-15(20)16(21)25(23-9)6-2-5-22-17(26)13-8-14(27-24-13)11-4-3-10(18)7-12(11)19/h3-4,7-8H,2,5-6H2,1H3,(H,22,26). The second-order valence-electron chi connectivity index (χ2n) is 5.72. The van der Waals surface area contributed by atoms with Gasteiger partial charge >= 0.3 is 0 Å². The summed E-state index contributed by atoms with van der Waals surface area (Å²) in [5.41, 5.74) is 1.43. The molecule has 1 N–H and O–H groups in total. The van der Waals surface area contributed by atoms with Gasteiger partial charge in [-0.05, 0) is 31.5 Å². The zero-order valence-electron chi connectivity index (χ0n) is 14.1. The molecular formula is C17H14Cl4N4O2. The molecule has 2 heterocycles. The first-order chi connectivity index (χ1) is 12.9. The molecule has 1 aromatic carbocycles. The van der Waals surface area contributed by atoms with Crippen LogP contribution in [0.5, 0.6) is 0 Å². The zero-order valence-corrected chi connectivity index (χ0v) is 17.1. The first-order valence-corrected chi connectivity index (χ1v) is 9.46. The van der Waals surface area contributed by atoms with Gasteiger partial charge in [0, 0.05) is 29.7 Å². The van der Waals surface area contributed by atoms with E-state index in [4.69, 9.17) is 50.9 Å². The fourth-order valence-electron chi connectivity index (χ4n) is 2.40. The van der Waals surface area contributed by atoms with Gasteiger partial charge in [0.25, 0.3) is 5.91 Å². The third kappa shape index (κ3) is 4.58. The summed E-state index contributed by atoms with van der Waals surface area (Å²) in [6, 6.07) is 6.50. The topological polar surface area (TPSA) is 73.0 Å². The molecular weight excluding hydrogens is 434 g/mol. The van der Waals surface area contributed by atoms with E-state index >= 15 is 0 Å². The minimum atomic E-state index is -0.351. The van der Waals surface area contributed by atoms with E-state index in [0.29, 0.717) is 56.7 Å². The lowest BCUT2D eigenvalue weighted by molar-refractivity contribution is 0.0943. The molecule has 0 aliphatic rings. The summed E-state index contributed by atoms with van der Waals surface area (Å²) in [6.07, 6.45) is 0.622. The minimum absolute atomic E-state index is 0.159. The summed E-state index contributed by atoms with van der Waals surface area (Å²) < 4.78 is 6.81. The fourth-order valence-corrected chi connectivity index (χ4v) is 3.30. The molecule has 0 spiro atoms. The van der Waals surface area contributed by atoms with E-state index in [-0.39, 0.29) is 11.6 Å². The number of aromatic nitrogens is 3. The lowest BCUT2D eigenvalue weighted by Crippen LogP contribution is -2.25. The highest BCUT2D eigenvalue weighted by atomic mass is 35.5. The van der Waals surface area contributed by atoms with Crippen LogP contribution in [-0.2, 0) is 6.54 Å². The molecule has 0 atom stereocenters. The molecule has 27 heavy (non-hydrogen) atoms. The largest absolute Gasteiger partial charge is 0.355 e. The molecule has 0 aliphatic carbocycles. The summed E-state index contributed by atoms with van der Waals surface area (Å²) in [7, 11) is 0. The number of nitrogens with one attached hydrogen (secondary N) is 1. The summed E-state index contributed by atoms with van der Waals surface area (Å²) in [5.74, 6) is 0.0334. The van der Waals surface area contributed by atoms with Crippen LogP contribution in [0.3, 0.4) is 0 Å². The van der Waals surface area contributed by atoms with E-state index in [1.165, 1.54) is 6.07 Å². The molecule has 0 aliphatic heterocycles. The van der Waals surface area contributed by atoms with Crippen LogP contribution < -0.4 is 5.32 Å². The number of benzene rings is 1. The molecule has 0 unspecified atom stereocenters. The van der Waals surface area contributed by atoms with Gasteiger partial charge in [0.1, 0.15) is 10.2 Å². The molecule has 0 saturated carbocycles. The molecule has 6 nitrogen and oxygen atoms in total. The Morgan fingerprint density at radius 1 is 1.22 bits per heavy atom. The van der Waals surface area contributed by atoms with E-state index in [0.717, 1.165) is 0 Å². The van der Waals surface area contributed by atoms with Crippen LogP contribution in [0.25, 0.3) is 11.3 Å².